The van der Waals surface area contributed by atoms with Crippen molar-refractivity contribution < 1.29 is 31.2 Å². The highest BCUT2D eigenvalue weighted by molar-refractivity contribution is 6.03. The van der Waals surface area contributed by atoms with Gasteiger partial charge in [-0.05, 0) is 72.4 Å². The second-order valence-electron chi connectivity index (χ2n) is 12.0. The molecule has 2 aromatic carbocycles. The van der Waals surface area contributed by atoms with Crippen LogP contribution in [0.4, 0.5) is 26.3 Å². The van der Waals surface area contributed by atoms with Crippen LogP contribution in [0.15, 0.2) is 35.5 Å². The largest absolute Gasteiger partial charge is 0.418 e. The molecule has 1 aliphatic heterocycles. The van der Waals surface area contributed by atoms with Crippen LogP contribution in [0.3, 0.4) is 0 Å². The molecule has 10 heteroatoms. The van der Waals surface area contributed by atoms with E-state index in [1.165, 1.54) is 18.2 Å². The Labute approximate surface area is 222 Å². The lowest BCUT2D eigenvalue weighted by Gasteiger charge is -2.34. The van der Waals surface area contributed by atoms with Gasteiger partial charge < -0.3 is 9.82 Å². The number of aromatic amines is 1. The summed E-state index contributed by atoms with van der Waals surface area (Å²) in [6.45, 7) is 7.76. The number of aromatic nitrogens is 2. The molecular weight excluding hydrogens is 520 g/mol. The summed E-state index contributed by atoms with van der Waals surface area (Å²) in [5.41, 5.74) is -2.66. The minimum atomic E-state index is -4.84. The lowest BCUT2D eigenvalue weighted by atomic mass is 9.75. The van der Waals surface area contributed by atoms with Crippen molar-refractivity contribution in [1.82, 2.24) is 9.97 Å². The topological polar surface area (TPSA) is 50.3 Å². The normalized spacial score (nSPS) is 19.9. The highest BCUT2D eigenvalue weighted by Gasteiger charge is 2.48. The summed E-state index contributed by atoms with van der Waals surface area (Å²) in [5, 5.41) is 4.22. The van der Waals surface area contributed by atoms with Crippen molar-refractivity contribution in [3.63, 3.8) is 0 Å². The van der Waals surface area contributed by atoms with Crippen molar-refractivity contribution in [2.45, 2.75) is 84.2 Å². The third kappa shape index (κ3) is 5.26. The lowest BCUT2D eigenvalue weighted by molar-refractivity contribution is -0.137. The molecule has 1 spiro atoms. The van der Waals surface area contributed by atoms with E-state index in [1.54, 1.807) is 0 Å². The molecule has 2 heterocycles. The van der Waals surface area contributed by atoms with Crippen molar-refractivity contribution in [2.24, 2.45) is 16.5 Å². The summed E-state index contributed by atoms with van der Waals surface area (Å²) in [6.07, 6.45) is -4.50. The number of H-pyrrole nitrogens is 1. The average Bonchev–Trinajstić information content (AvgIpc) is 3.37. The number of nitrogens with one attached hydrogen (secondary N) is 1. The van der Waals surface area contributed by atoms with E-state index in [0.29, 0.717) is 17.7 Å². The van der Waals surface area contributed by atoms with Gasteiger partial charge in [0.1, 0.15) is 16.8 Å². The molecular formula is C29H31F6N3O. The number of nitrogens with zero attached hydrogens (tertiary/aromatic N) is 2. The number of fused-ring (bicyclic) bond motifs is 1. The molecule has 2 aliphatic rings. The van der Waals surface area contributed by atoms with Crippen LogP contribution in [0.25, 0.3) is 22.2 Å². The maximum atomic E-state index is 14.3. The number of imidazole rings is 1. The Bertz CT molecular complexity index is 1420. The first-order valence-electron chi connectivity index (χ1n) is 13.2. The Kier molecular flexibility index (Phi) is 6.54. The molecule has 0 amide bonds. The number of alkyl halides is 6. The lowest BCUT2D eigenvalue weighted by Crippen LogP contribution is -2.39. The quantitative estimate of drug-likeness (QED) is 0.331. The van der Waals surface area contributed by atoms with E-state index < -0.39 is 29.1 Å². The van der Waals surface area contributed by atoms with Crippen LogP contribution in [0.1, 0.15) is 82.3 Å². The molecule has 0 radical (unpaired) electrons. The van der Waals surface area contributed by atoms with Crippen molar-refractivity contribution in [3.8, 4) is 11.1 Å². The van der Waals surface area contributed by atoms with Gasteiger partial charge in [0, 0.05) is 5.92 Å². The smallest absolute Gasteiger partial charge is 0.388 e. The van der Waals surface area contributed by atoms with E-state index in [4.69, 9.17) is 4.84 Å². The fourth-order valence-electron chi connectivity index (χ4n) is 5.88. The molecule has 0 bridgehead atoms. The number of oxime groups is 1. The molecule has 1 saturated carbocycles. The first kappa shape index (κ1) is 27.5. The van der Waals surface area contributed by atoms with Crippen LogP contribution < -0.4 is 0 Å². The third-order valence-electron chi connectivity index (χ3n) is 7.79. The van der Waals surface area contributed by atoms with Crippen LogP contribution >= 0.6 is 0 Å². The van der Waals surface area contributed by atoms with Gasteiger partial charge in [0.25, 0.3) is 0 Å². The van der Waals surface area contributed by atoms with Crippen molar-refractivity contribution >= 4 is 16.7 Å². The number of halogens is 6. The molecule has 1 aliphatic carbocycles. The van der Waals surface area contributed by atoms with Crippen molar-refractivity contribution in [2.75, 3.05) is 0 Å². The minimum Gasteiger partial charge on any atom is -0.388 e. The molecule has 1 N–H and O–H groups in total. The predicted octanol–water partition coefficient (Wildman–Crippen LogP) is 8.93. The first-order chi connectivity index (χ1) is 18.1. The zero-order valence-corrected chi connectivity index (χ0v) is 22.3. The van der Waals surface area contributed by atoms with Crippen LogP contribution in [0, 0.1) is 11.3 Å². The molecule has 0 saturated heterocycles. The SMILES string of the molecule is CC1C(c2nc3c(C(F)(F)F)cc(-c4cc(CC(C)(C)C)ccc4C(F)(F)F)cc3[nH]2)=NOC12CCCCC2. The van der Waals surface area contributed by atoms with Gasteiger partial charge >= 0.3 is 12.4 Å². The number of hydrogen-bond acceptors (Lipinski definition) is 3. The zero-order chi connectivity index (χ0) is 28.4. The Hall–Kier alpha value is -3.04. The molecule has 3 aromatic rings. The average molecular weight is 552 g/mol. The van der Waals surface area contributed by atoms with Crippen LogP contribution in [-0.4, -0.2) is 21.3 Å². The minimum absolute atomic E-state index is 0.0105. The number of benzene rings is 2. The van der Waals surface area contributed by atoms with Crippen LogP contribution in [0.5, 0.6) is 0 Å². The molecule has 4 nitrogen and oxygen atoms in total. The van der Waals surface area contributed by atoms with Gasteiger partial charge in [-0.1, -0.05) is 51.4 Å². The number of rotatable bonds is 3. The summed E-state index contributed by atoms with van der Waals surface area (Å²) in [5.74, 6) is -0.0572. The predicted molar refractivity (Wildman–Crippen MR) is 137 cm³/mol. The first-order valence-corrected chi connectivity index (χ1v) is 13.2. The van der Waals surface area contributed by atoms with Crippen molar-refractivity contribution in [3.05, 3.63) is 52.8 Å². The second kappa shape index (κ2) is 9.27. The molecule has 5 rings (SSSR count). The van der Waals surface area contributed by atoms with Gasteiger partial charge in [-0.2, -0.15) is 26.3 Å². The Morgan fingerprint density at radius 1 is 0.923 bits per heavy atom. The summed E-state index contributed by atoms with van der Waals surface area (Å²) in [4.78, 5) is 13.0. The summed E-state index contributed by atoms with van der Waals surface area (Å²) < 4.78 is 84.8. The monoisotopic (exact) mass is 551 g/mol. The van der Waals surface area contributed by atoms with Gasteiger partial charge in [0.2, 0.25) is 0 Å². The van der Waals surface area contributed by atoms with Gasteiger partial charge in [0.05, 0.1) is 16.6 Å². The highest BCUT2D eigenvalue weighted by Crippen LogP contribution is 2.45. The Morgan fingerprint density at radius 3 is 2.21 bits per heavy atom. The molecule has 1 unspecified atom stereocenters. The Morgan fingerprint density at radius 2 is 1.59 bits per heavy atom. The van der Waals surface area contributed by atoms with E-state index in [9.17, 15) is 26.3 Å². The molecule has 1 aromatic heterocycles. The van der Waals surface area contributed by atoms with Crippen molar-refractivity contribution in [1.29, 1.82) is 0 Å². The van der Waals surface area contributed by atoms with E-state index in [2.05, 4.69) is 15.1 Å². The molecule has 39 heavy (non-hydrogen) atoms. The van der Waals surface area contributed by atoms with Crippen LogP contribution in [0.2, 0.25) is 0 Å². The van der Waals surface area contributed by atoms with E-state index in [1.807, 2.05) is 27.7 Å². The van der Waals surface area contributed by atoms with E-state index >= 15 is 0 Å². The molecule has 1 fully saturated rings. The fraction of sp³-hybridized carbons (Fsp3) is 0.517. The zero-order valence-electron chi connectivity index (χ0n) is 22.3. The maximum absolute atomic E-state index is 14.3. The summed E-state index contributed by atoms with van der Waals surface area (Å²) in [7, 11) is 0. The maximum Gasteiger partial charge on any atom is 0.418 e. The Balaban J connectivity index is 1.65. The summed E-state index contributed by atoms with van der Waals surface area (Å²) in [6, 6.07) is 5.75. The molecule has 1 atom stereocenters. The highest BCUT2D eigenvalue weighted by atomic mass is 19.4. The van der Waals surface area contributed by atoms with Gasteiger partial charge in [-0.25, -0.2) is 4.98 Å². The van der Waals surface area contributed by atoms with Gasteiger partial charge in [-0.3, -0.25) is 0 Å². The number of hydrogen-bond donors (Lipinski definition) is 1. The second-order valence-corrected chi connectivity index (χ2v) is 12.0. The molecule has 210 valence electrons. The fourth-order valence-corrected chi connectivity index (χ4v) is 5.88. The van der Waals surface area contributed by atoms with Gasteiger partial charge in [0.15, 0.2) is 5.82 Å². The standard InChI is InChI=1S/C29H31F6N3O/c1-16-23(38-39-27(16)10-6-5-7-11-27)25-36-22-14-18(13-21(24(22)37-25)29(33,34)35)19-12-17(15-26(2,3)4)8-9-20(19)28(30,31)32/h8-9,12-14,16H,5-7,10-11,15H2,1-4H3,(H,36,37). The summed E-state index contributed by atoms with van der Waals surface area (Å²) >= 11 is 0. The van der Waals surface area contributed by atoms with E-state index in [0.717, 1.165) is 44.2 Å². The van der Waals surface area contributed by atoms with E-state index in [-0.39, 0.29) is 39.3 Å². The van der Waals surface area contributed by atoms with Gasteiger partial charge in [-0.15, -0.1) is 0 Å². The van der Waals surface area contributed by atoms with Crippen LogP contribution in [-0.2, 0) is 23.6 Å². The third-order valence-corrected chi connectivity index (χ3v) is 7.79.